The Kier molecular flexibility index (Phi) is 4.93. The second-order valence-corrected chi connectivity index (χ2v) is 8.54. The van der Waals surface area contributed by atoms with Gasteiger partial charge in [-0.1, -0.05) is 0 Å². The fraction of sp³-hybridized carbons (Fsp3) is 0.650. The number of hydrogen-bond donors (Lipinski definition) is 3. The summed E-state index contributed by atoms with van der Waals surface area (Å²) in [6, 6.07) is 3.12. The van der Waals surface area contributed by atoms with Gasteiger partial charge in [-0.05, 0) is 74.8 Å². The van der Waals surface area contributed by atoms with Crippen molar-refractivity contribution < 1.29 is 18.8 Å². The molecule has 3 amide bonds. The van der Waals surface area contributed by atoms with Crippen molar-refractivity contribution in [1.29, 1.82) is 0 Å². The number of nitrogens with one attached hydrogen (secondary N) is 3. The van der Waals surface area contributed by atoms with Crippen molar-refractivity contribution >= 4 is 17.7 Å². The predicted octanol–water partition coefficient (Wildman–Crippen LogP) is 2.15. The van der Waals surface area contributed by atoms with Crippen LogP contribution in [0.3, 0.4) is 0 Å². The lowest BCUT2D eigenvalue weighted by atomic mass is 9.49. The molecular formula is C20H27N3O4. The monoisotopic (exact) mass is 373 g/mol. The van der Waals surface area contributed by atoms with Crippen molar-refractivity contribution in [3.05, 3.63) is 24.2 Å². The van der Waals surface area contributed by atoms with Crippen LogP contribution in [0, 0.1) is 23.2 Å². The molecule has 4 fully saturated rings. The molecule has 146 valence electrons. The fourth-order valence-corrected chi connectivity index (χ4v) is 5.69. The number of rotatable bonds is 6. The van der Waals surface area contributed by atoms with Crippen LogP contribution < -0.4 is 16.2 Å². The summed E-state index contributed by atoms with van der Waals surface area (Å²) in [6.45, 7) is 0.486. The van der Waals surface area contributed by atoms with E-state index < -0.39 is 5.91 Å². The Balaban J connectivity index is 1.15. The lowest BCUT2D eigenvalue weighted by molar-refractivity contribution is -0.146. The van der Waals surface area contributed by atoms with Gasteiger partial charge in [-0.15, -0.1) is 0 Å². The molecule has 0 saturated heterocycles. The van der Waals surface area contributed by atoms with Crippen LogP contribution in [0.25, 0.3) is 0 Å². The highest BCUT2D eigenvalue weighted by Gasteiger charge is 2.54. The van der Waals surface area contributed by atoms with E-state index in [1.807, 2.05) is 0 Å². The number of hydrogen-bond acceptors (Lipinski definition) is 4. The molecule has 0 atom stereocenters. The first-order chi connectivity index (χ1) is 13.0. The SMILES string of the molecule is O=C(CCCNC(=O)C12CC3CC(CC(C3)C1)C2)NNC(=O)c1ccco1. The summed E-state index contributed by atoms with van der Waals surface area (Å²) in [5.41, 5.74) is 4.52. The average Bonchev–Trinajstić information content (AvgIpc) is 3.16. The number of furan rings is 1. The maximum atomic E-state index is 12.8. The molecule has 4 bridgehead atoms. The predicted molar refractivity (Wildman–Crippen MR) is 97.2 cm³/mol. The Morgan fingerprint density at radius 1 is 1.04 bits per heavy atom. The summed E-state index contributed by atoms with van der Waals surface area (Å²) in [5.74, 6) is 1.76. The minimum absolute atomic E-state index is 0.137. The molecule has 7 nitrogen and oxygen atoms in total. The van der Waals surface area contributed by atoms with Crippen LogP contribution >= 0.6 is 0 Å². The molecule has 3 N–H and O–H groups in total. The molecule has 1 aromatic rings. The number of hydrazine groups is 1. The largest absolute Gasteiger partial charge is 0.459 e. The topological polar surface area (TPSA) is 100 Å². The van der Waals surface area contributed by atoms with Gasteiger partial charge in [0.1, 0.15) is 0 Å². The third-order valence-electron chi connectivity index (χ3n) is 6.45. The van der Waals surface area contributed by atoms with E-state index >= 15 is 0 Å². The minimum atomic E-state index is -0.497. The van der Waals surface area contributed by atoms with E-state index in [2.05, 4.69) is 16.2 Å². The standard InChI is InChI=1S/C20H27N3O4/c24-17(22-23-18(25)16-3-2-6-27-16)4-1-5-21-19(26)20-10-13-7-14(11-20)9-15(8-13)12-20/h2-3,6,13-15H,1,4-5,7-12H2,(H,21,26)(H,22,24)(H,23,25). The Hall–Kier alpha value is -2.31. The second-order valence-electron chi connectivity index (χ2n) is 8.54. The zero-order chi connectivity index (χ0) is 18.9. The molecule has 7 heteroatoms. The summed E-state index contributed by atoms with van der Waals surface area (Å²) >= 11 is 0. The Morgan fingerprint density at radius 2 is 1.70 bits per heavy atom. The molecule has 1 aromatic heterocycles. The lowest BCUT2D eigenvalue weighted by Gasteiger charge is -2.55. The average molecular weight is 373 g/mol. The molecule has 5 rings (SSSR count). The van der Waals surface area contributed by atoms with Gasteiger partial charge in [-0.3, -0.25) is 25.2 Å². The molecule has 0 spiro atoms. The smallest absolute Gasteiger partial charge is 0.305 e. The van der Waals surface area contributed by atoms with E-state index in [0.717, 1.165) is 37.0 Å². The molecule has 0 aromatic carbocycles. The molecule has 4 saturated carbocycles. The summed E-state index contributed by atoms with van der Waals surface area (Å²) < 4.78 is 4.94. The van der Waals surface area contributed by atoms with Gasteiger partial charge in [0.25, 0.3) is 0 Å². The van der Waals surface area contributed by atoms with Crippen molar-refractivity contribution in [3.8, 4) is 0 Å². The van der Waals surface area contributed by atoms with Crippen LogP contribution in [0.4, 0.5) is 0 Å². The van der Waals surface area contributed by atoms with Gasteiger partial charge < -0.3 is 9.73 Å². The molecule has 4 aliphatic rings. The van der Waals surface area contributed by atoms with Crippen molar-refractivity contribution in [2.45, 2.75) is 51.4 Å². The number of carbonyl (C=O) groups is 3. The maximum Gasteiger partial charge on any atom is 0.305 e. The molecule has 27 heavy (non-hydrogen) atoms. The van der Waals surface area contributed by atoms with Crippen LogP contribution in [0.15, 0.2) is 22.8 Å². The van der Waals surface area contributed by atoms with Crippen LogP contribution in [-0.4, -0.2) is 24.3 Å². The highest BCUT2D eigenvalue weighted by atomic mass is 16.3. The van der Waals surface area contributed by atoms with Crippen molar-refractivity contribution in [3.63, 3.8) is 0 Å². The van der Waals surface area contributed by atoms with Gasteiger partial charge in [0.2, 0.25) is 11.8 Å². The molecular weight excluding hydrogens is 346 g/mol. The van der Waals surface area contributed by atoms with Crippen molar-refractivity contribution in [1.82, 2.24) is 16.2 Å². The quantitative estimate of drug-likeness (QED) is 0.525. The lowest BCUT2D eigenvalue weighted by Crippen LogP contribution is -2.53. The minimum Gasteiger partial charge on any atom is -0.459 e. The van der Waals surface area contributed by atoms with E-state index in [-0.39, 0.29) is 29.4 Å². The van der Waals surface area contributed by atoms with Gasteiger partial charge in [0.15, 0.2) is 5.76 Å². The van der Waals surface area contributed by atoms with Crippen molar-refractivity contribution in [2.75, 3.05) is 6.54 Å². The number of amides is 3. The number of carbonyl (C=O) groups excluding carboxylic acids is 3. The van der Waals surface area contributed by atoms with Gasteiger partial charge in [0, 0.05) is 18.4 Å². The second kappa shape index (κ2) is 7.37. The highest BCUT2D eigenvalue weighted by Crippen LogP contribution is 2.60. The normalized spacial score (nSPS) is 30.7. The Bertz CT molecular complexity index is 678. The first-order valence-electron chi connectivity index (χ1n) is 9.95. The van der Waals surface area contributed by atoms with Crippen LogP contribution in [0.5, 0.6) is 0 Å². The first-order valence-corrected chi connectivity index (χ1v) is 9.95. The maximum absolute atomic E-state index is 12.8. The molecule has 4 aliphatic carbocycles. The fourth-order valence-electron chi connectivity index (χ4n) is 5.69. The van der Waals surface area contributed by atoms with E-state index in [0.29, 0.717) is 13.0 Å². The molecule has 0 unspecified atom stereocenters. The van der Waals surface area contributed by atoms with E-state index in [1.165, 1.54) is 31.6 Å². The summed E-state index contributed by atoms with van der Waals surface area (Å²) in [4.78, 5) is 36.3. The Labute approximate surface area is 158 Å². The highest BCUT2D eigenvalue weighted by molar-refractivity contribution is 5.92. The summed E-state index contributed by atoms with van der Waals surface area (Å²) in [7, 11) is 0. The summed E-state index contributed by atoms with van der Waals surface area (Å²) in [6.07, 6.45) is 9.25. The first kappa shape index (κ1) is 18.1. The molecule has 0 aliphatic heterocycles. The van der Waals surface area contributed by atoms with E-state index in [1.54, 1.807) is 6.07 Å². The Morgan fingerprint density at radius 3 is 2.30 bits per heavy atom. The van der Waals surface area contributed by atoms with Gasteiger partial charge >= 0.3 is 5.91 Å². The van der Waals surface area contributed by atoms with Crippen LogP contribution in [0.2, 0.25) is 0 Å². The zero-order valence-electron chi connectivity index (χ0n) is 15.5. The van der Waals surface area contributed by atoms with Crippen LogP contribution in [0.1, 0.15) is 61.9 Å². The van der Waals surface area contributed by atoms with Gasteiger partial charge in [-0.2, -0.15) is 0 Å². The van der Waals surface area contributed by atoms with E-state index in [4.69, 9.17) is 4.42 Å². The van der Waals surface area contributed by atoms with Crippen LogP contribution in [-0.2, 0) is 9.59 Å². The third-order valence-corrected chi connectivity index (χ3v) is 6.45. The summed E-state index contributed by atoms with van der Waals surface area (Å²) in [5, 5.41) is 3.06. The molecule has 1 heterocycles. The third kappa shape index (κ3) is 3.87. The van der Waals surface area contributed by atoms with E-state index in [9.17, 15) is 14.4 Å². The molecule has 0 radical (unpaired) electrons. The van der Waals surface area contributed by atoms with Gasteiger partial charge in [-0.25, -0.2) is 0 Å². The van der Waals surface area contributed by atoms with Crippen molar-refractivity contribution in [2.24, 2.45) is 23.2 Å². The van der Waals surface area contributed by atoms with Gasteiger partial charge in [0.05, 0.1) is 6.26 Å². The zero-order valence-corrected chi connectivity index (χ0v) is 15.5.